The van der Waals surface area contributed by atoms with E-state index in [0.29, 0.717) is 34.5 Å². The van der Waals surface area contributed by atoms with Crippen molar-refractivity contribution in [1.82, 2.24) is 0 Å². The second-order valence-corrected chi connectivity index (χ2v) is 6.55. The minimum atomic E-state index is -0.957. The summed E-state index contributed by atoms with van der Waals surface area (Å²) in [6, 6.07) is 7.47. The number of fused-ring (bicyclic) bond motifs is 2. The maximum absolute atomic E-state index is 10.5. The molecule has 0 radical (unpaired) electrons. The van der Waals surface area contributed by atoms with Crippen molar-refractivity contribution < 1.29 is 33.5 Å². The van der Waals surface area contributed by atoms with Gasteiger partial charge in [-0.1, -0.05) is 6.92 Å². The second kappa shape index (κ2) is 6.74. The first-order valence-corrected chi connectivity index (χ1v) is 8.65. The molecule has 2 heterocycles. The van der Waals surface area contributed by atoms with E-state index >= 15 is 0 Å². The number of aliphatic hydroxyl groups is 1. The fourth-order valence-corrected chi connectivity index (χ4v) is 3.73. The average Bonchev–Trinajstić information content (AvgIpc) is 3.13. The molecule has 3 atom stereocenters. The van der Waals surface area contributed by atoms with Crippen LogP contribution >= 0.6 is 0 Å². The molecule has 0 saturated carbocycles. The molecule has 2 aliphatic heterocycles. The van der Waals surface area contributed by atoms with Gasteiger partial charge in [0.15, 0.2) is 23.0 Å². The van der Waals surface area contributed by atoms with Crippen LogP contribution in [0, 0.1) is 5.92 Å². The highest BCUT2D eigenvalue weighted by Gasteiger charge is 2.38. The summed E-state index contributed by atoms with van der Waals surface area (Å²) in [5.41, 5.74) is 1.82. The van der Waals surface area contributed by atoms with Gasteiger partial charge in [-0.25, -0.2) is 0 Å². The highest BCUT2D eigenvalue weighted by atomic mass is 16.7. The average molecular weight is 374 g/mol. The Bertz CT molecular complexity index is 839. The maximum Gasteiger partial charge on any atom is 0.231 e. The molecule has 144 valence electrons. The molecule has 2 aliphatic rings. The molecular weight excluding hydrogens is 352 g/mol. The van der Waals surface area contributed by atoms with Gasteiger partial charge in [0, 0.05) is 23.5 Å². The Labute approximate surface area is 157 Å². The zero-order chi connectivity index (χ0) is 19.1. The Balaban J connectivity index is 1.88. The third kappa shape index (κ3) is 2.78. The van der Waals surface area contributed by atoms with E-state index in [1.54, 1.807) is 27.4 Å². The quantitative estimate of drug-likeness (QED) is 0.882. The Morgan fingerprint density at radius 1 is 0.889 bits per heavy atom. The number of hydrogen-bond donors (Lipinski definition) is 1. The van der Waals surface area contributed by atoms with Gasteiger partial charge in [0.25, 0.3) is 0 Å². The highest BCUT2D eigenvalue weighted by Crippen LogP contribution is 2.51. The number of benzene rings is 2. The van der Waals surface area contributed by atoms with Crippen LogP contribution in [0.1, 0.15) is 24.0 Å². The summed E-state index contributed by atoms with van der Waals surface area (Å²) in [5.74, 6) is 3.12. The van der Waals surface area contributed by atoms with Crippen molar-refractivity contribution in [3.05, 3.63) is 35.4 Å². The van der Waals surface area contributed by atoms with E-state index in [0.717, 1.165) is 11.1 Å². The predicted octanol–water partition coefficient (Wildman–Crippen LogP) is 2.92. The Kier molecular flexibility index (Phi) is 4.39. The highest BCUT2D eigenvalue weighted by molar-refractivity contribution is 5.59. The fourth-order valence-electron chi connectivity index (χ4n) is 3.73. The van der Waals surface area contributed by atoms with Crippen molar-refractivity contribution >= 4 is 0 Å². The lowest BCUT2D eigenvalue weighted by Gasteiger charge is -2.36. The standard InChI is InChI=1S/C20H22O7/c1-10-18(11-5-16(22-2)19(24-4)17(6-11)23-3)12-7-14-15(26-9-25-14)8-13(12)27-20(10)21/h5-8,10,18,20-21H,9H2,1-4H3/t10-,18-,20-/m1/s1. The van der Waals surface area contributed by atoms with Gasteiger partial charge in [0.2, 0.25) is 18.8 Å². The minimum absolute atomic E-state index is 0.160. The molecule has 1 N–H and O–H groups in total. The molecular formula is C20H22O7. The van der Waals surface area contributed by atoms with E-state index in [1.807, 2.05) is 25.1 Å². The Hall–Kier alpha value is -2.80. The minimum Gasteiger partial charge on any atom is -0.493 e. The van der Waals surface area contributed by atoms with E-state index in [9.17, 15) is 5.11 Å². The van der Waals surface area contributed by atoms with Crippen LogP contribution in [0.5, 0.6) is 34.5 Å². The van der Waals surface area contributed by atoms with Crippen molar-refractivity contribution in [3.8, 4) is 34.5 Å². The summed E-state index contributed by atoms with van der Waals surface area (Å²) in [6.45, 7) is 2.11. The summed E-state index contributed by atoms with van der Waals surface area (Å²) in [7, 11) is 4.72. The second-order valence-electron chi connectivity index (χ2n) is 6.55. The molecule has 0 bridgehead atoms. The summed E-state index contributed by atoms with van der Waals surface area (Å²) in [4.78, 5) is 0. The molecule has 0 aromatic heterocycles. The van der Waals surface area contributed by atoms with Crippen LogP contribution in [0.25, 0.3) is 0 Å². The molecule has 0 unspecified atom stereocenters. The van der Waals surface area contributed by atoms with E-state index in [4.69, 9.17) is 28.4 Å². The smallest absolute Gasteiger partial charge is 0.231 e. The zero-order valence-electron chi connectivity index (χ0n) is 15.6. The normalized spacial score (nSPS) is 22.6. The molecule has 7 heteroatoms. The molecule has 2 aromatic carbocycles. The number of rotatable bonds is 4. The van der Waals surface area contributed by atoms with E-state index in [1.165, 1.54) is 0 Å². The van der Waals surface area contributed by atoms with Crippen molar-refractivity contribution in [1.29, 1.82) is 0 Å². The molecule has 0 spiro atoms. The number of ether oxygens (including phenoxy) is 6. The van der Waals surface area contributed by atoms with Crippen LogP contribution < -0.4 is 28.4 Å². The van der Waals surface area contributed by atoms with Crippen molar-refractivity contribution in [3.63, 3.8) is 0 Å². The molecule has 0 amide bonds. The van der Waals surface area contributed by atoms with E-state index in [-0.39, 0.29) is 18.6 Å². The molecule has 2 aromatic rings. The summed E-state index contributed by atoms with van der Waals surface area (Å²) < 4.78 is 33.1. The molecule has 4 rings (SSSR count). The predicted molar refractivity (Wildman–Crippen MR) is 96.3 cm³/mol. The number of methoxy groups -OCH3 is 3. The lowest BCUT2D eigenvalue weighted by Crippen LogP contribution is -2.34. The topological polar surface area (TPSA) is 75.6 Å². The van der Waals surface area contributed by atoms with Gasteiger partial charge in [-0.2, -0.15) is 0 Å². The van der Waals surface area contributed by atoms with E-state index in [2.05, 4.69) is 0 Å². The summed E-state index contributed by atoms with van der Waals surface area (Å²) in [6.07, 6.45) is -0.957. The van der Waals surface area contributed by atoms with Gasteiger partial charge in [0.1, 0.15) is 5.75 Å². The van der Waals surface area contributed by atoms with Crippen molar-refractivity contribution in [2.75, 3.05) is 28.1 Å². The molecule has 27 heavy (non-hydrogen) atoms. The van der Waals surface area contributed by atoms with Crippen LogP contribution in [0.3, 0.4) is 0 Å². The molecule has 0 saturated heterocycles. The van der Waals surface area contributed by atoms with Crippen LogP contribution in [-0.4, -0.2) is 39.5 Å². The lowest BCUT2D eigenvalue weighted by atomic mass is 9.79. The van der Waals surface area contributed by atoms with Crippen LogP contribution in [0.4, 0.5) is 0 Å². The number of aliphatic hydroxyl groups excluding tert-OH is 1. The SMILES string of the molecule is COc1cc([C@@H]2c3cc4c(cc3O[C@@H](O)[C@@H]2C)OCO4)cc(OC)c1OC. The molecule has 0 aliphatic carbocycles. The molecule has 7 nitrogen and oxygen atoms in total. The van der Waals surface area contributed by atoms with Gasteiger partial charge >= 0.3 is 0 Å². The third-order valence-electron chi connectivity index (χ3n) is 5.11. The Morgan fingerprint density at radius 3 is 2.11 bits per heavy atom. The first kappa shape index (κ1) is 17.6. The first-order chi connectivity index (χ1) is 13.1. The van der Waals surface area contributed by atoms with Crippen molar-refractivity contribution in [2.24, 2.45) is 5.92 Å². The summed E-state index contributed by atoms with van der Waals surface area (Å²) in [5, 5.41) is 10.5. The van der Waals surface area contributed by atoms with Gasteiger partial charge in [-0.15, -0.1) is 0 Å². The first-order valence-electron chi connectivity index (χ1n) is 8.65. The van der Waals surface area contributed by atoms with Gasteiger partial charge in [-0.05, 0) is 23.8 Å². The van der Waals surface area contributed by atoms with Crippen LogP contribution in [0.15, 0.2) is 24.3 Å². The maximum atomic E-state index is 10.5. The van der Waals surface area contributed by atoms with Crippen molar-refractivity contribution in [2.45, 2.75) is 19.1 Å². The third-order valence-corrected chi connectivity index (χ3v) is 5.11. The monoisotopic (exact) mass is 374 g/mol. The zero-order valence-corrected chi connectivity index (χ0v) is 15.6. The number of hydrogen-bond acceptors (Lipinski definition) is 7. The fraction of sp³-hybridized carbons (Fsp3) is 0.400. The van der Waals surface area contributed by atoms with Gasteiger partial charge in [-0.3, -0.25) is 0 Å². The Morgan fingerprint density at radius 2 is 1.52 bits per heavy atom. The van der Waals surface area contributed by atoms with E-state index < -0.39 is 6.29 Å². The van der Waals surface area contributed by atoms with Gasteiger partial charge < -0.3 is 33.5 Å². The summed E-state index contributed by atoms with van der Waals surface area (Å²) >= 11 is 0. The van der Waals surface area contributed by atoms with Crippen LogP contribution in [-0.2, 0) is 0 Å². The largest absolute Gasteiger partial charge is 0.493 e. The lowest BCUT2D eigenvalue weighted by molar-refractivity contribution is -0.0729. The molecule has 0 fully saturated rings. The van der Waals surface area contributed by atoms with Gasteiger partial charge in [0.05, 0.1) is 21.3 Å². The van der Waals surface area contributed by atoms with Crippen LogP contribution in [0.2, 0.25) is 0 Å².